The van der Waals surface area contributed by atoms with Crippen molar-refractivity contribution >= 4 is 0 Å². The average molecular weight is 250 g/mol. The van der Waals surface area contributed by atoms with Gasteiger partial charge in [-0.3, -0.25) is 0 Å². The van der Waals surface area contributed by atoms with Crippen molar-refractivity contribution in [3.63, 3.8) is 0 Å². The van der Waals surface area contributed by atoms with Gasteiger partial charge in [0.25, 0.3) is 0 Å². The normalized spacial score (nSPS) is 28.6. The highest BCUT2D eigenvalue weighted by atomic mass is 16.3. The summed E-state index contributed by atoms with van der Waals surface area (Å²) in [4.78, 5) is 0. The smallest absolute Gasteiger partial charge is 0.0549 e. The molecular weight excluding hydrogens is 232 g/mol. The molecule has 19 heavy (non-hydrogen) atoms. The van der Waals surface area contributed by atoms with Gasteiger partial charge in [0.15, 0.2) is 0 Å². The van der Waals surface area contributed by atoms with Crippen molar-refractivity contribution in [3.05, 3.63) is 70.8 Å². The van der Waals surface area contributed by atoms with Crippen LogP contribution in [0.15, 0.2) is 48.5 Å². The van der Waals surface area contributed by atoms with E-state index in [2.05, 4.69) is 48.5 Å². The number of fused-ring (bicyclic) bond motifs is 1. The molecule has 0 radical (unpaired) electrons. The van der Waals surface area contributed by atoms with Crippen molar-refractivity contribution < 1.29 is 5.11 Å². The van der Waals surface area contributed by atoms with E-state index < -0.39 is 0 Å². The van der Waals surface area contributed by atoms with Gasteiger partial charge in [0, 0.05) is 11.8 Å². The van der Waals surface area contributed by atoms with Gasteiger partial charge >= 0.3 is 0 Å². The van der Waals surface area contributed by atoms with Gasteiger partial charge in [-0.15, -0.1) is 0 Å². The molecule has 0 fully saturated rings. The van der Waals surface area contributed by atoms with Crippen molar-refractivity contribution in [3.8, 4) is 0 Å². The zero-order valence-corrected chi connectivity index (χ0v) is 11.1. The SMILES string of the molecule is CC(O)C1CC2c3ccccc3C1c1ccccc12. The highest BCUT2D eigenvalue weighted by Gasteiger charge is 2.44. The van der Waals surface area contributed by atoms with Crippen LogP contribution < -0.4 is 0 Å². The molecular formula is C18H18O. The first-order chi connectivity index (χ1) is 9.27. The first-order valence-corrected chi connectivity index (χ1v) is 7.13. The Hall–Kier alpha value is -1.60. The summed E-state index contributed by atoms with van der Waals surface area (Å²) in [6, 6.07) is 17.6. The molecule has 2 atom stereocenters. The van der Waals surface area contributed by atoms with E-state index in [4.69, 9.17) is 0 Å². The molecule has 2 aromatic carbocycles. The minimum absolute atomic E-state index is 0.241. The van der Waals surface area contributed by atoms with Crippen LogP contribution in [0.5, 0.6) is 0 Å². The number of hydrogen-bond donors (Lipinski definition) is 1. The predicted molar refractivity (Wildman–Crippen MR) is 76.4 cm³/mol. The molecule has 0 saturated carbocycles. The molecule has 0 aliphatic heterocycles. The maximum absolute atomic E-state index is 10.2. The maximum Gasteiger partial charge on any atom is 0.0549 e. The fraction of sp³-hybridized carbons (Fsp3) is 0.333. The third-order valence-corrected chi connectivity index (χ3v) is 4.97. The highest BCUT2D eigenvalue weighted by Crippen LogP contribution is 2.55. The Balaban J connectivity index is 1.98. The highest BCUT2D eigenvalue weighted by molar-refractivity contribution is 5.55. The minimum Gasteiger partial charge on any atom is -0.393 e. The fourth-order valence-electron chi connectivity index (χ4n) is 4.16. The molecule has 0 aromatic heterocycles. The molecule has 3 aliphatic carbocycles. The molecule has 3 aliphatic rings. The lowest BCUT2D eigenvalue weighted by molar-refractivity contribution is 0.0970. The van der Waals surface area contributed by atoms with Crippen LogP contribution >= 0.6 is 0 Å². The van der Waals surface area contributed by atoms with E-state index in [0.29, 0.717) is 17.8 Å². The van der Waals surface area contributed by atoms with E-state index in [1.54, 1.807) is 0 Å². The van der Waals surface area contributed by atoms with Crippen LogP contribution in [0.1, 0.15) is 47.4 Å². The number of aliphatic hydroxyl groups is 1. The quantitative estimate of drug-likeness (QED) is 0.819. The van der Waals surface area contributed by atoms with Crippen LogP contribution in [0.4, 0.5) is 0 Å². The van der Waals surface area contributed by atoms with Gasteiger partial charge in [0.1, 0.15) is 0 Å². The second-order valence-corrected chi connectivity index (χ2v) is 5.93. The molecule has 1 nitrogen and oxygen atoms in total. The molecule has 5 rings (SSSR count). The van der Waals surface area contributed by atoms with Crippen LogP contribution in [0.3, 0.4) is 0 Å². The molecule has 0 amide bonds. The molecule has 0 saturated heterocycles. The lowest BCUT2D eigenvalue weighted by Gasteiger charge is -2.46. The van der Waals surface area contributed by atoms with E-state index in [1.807, 2.05) is 6.92 Å². The number of rotatable bonds is 1. The standard InChI is InChI=1S/C18H18O/c1-11(19)16-10-17-12-6-2-4-8-14(12)18(16)15-9-5-3-7-13(15)17/h2-9,11,16-19H,10H2,1H3. The summed E-state index contributed by atoms with van der Waals surface area (Å²) in [6.07, 6.45) is 0.838. The molecule has 0 heterocycles. The van der Waals surface area contributed by atoms with Crippen molar-refractivity contribution in [1.82, 2.24) is 0 Å². The molecule has 2 aromatic rings. The first-order valence-electron chi connectivity index (χ1n) is 7.13. The van der Waals surface area contributed by atoms with Crippen LogP contribution in [-0.4, -0.2) is 11.2 Å². The predicted octanol–water partition coefficient (Wildman–Crippen LogP) is 3.66. The second-order valence-electron chi connectivity index (χ2n) is 5.93. The van der Waals surface area contributed by atoms with Gasteiger partial charge in [-0.05, 0) is 41.5 Å². The van der Waals surface area contributed by atoms with Gasteiger partial charge in [-0.1, -0.05) is 48.5 Å². The number of benzene rings is 2. The van der Waals surface area contributed by atoms with Crippen molar-refractivity contribution in [2.75, 3.05) is 0 Å². The van der Waals surface area contributed by atoms with E-state index in [1.165, 1.54) is 22.3 Å². The summed E-state index contributed by atoms with van der Waals surface area (Å²) in [6.45, 7) is 1.94. The van der Waals surface area contributed by atoms with E-state index in [-0.39, 0.29) is 6.10 Å². The minimum atomic E-state index is -0.241. The maximum atomic E-state index is 10.2. The fourth-order valence-corrected chi connectivity index (χ4v) is 4.16. The van der Waals surface area contributed by atoms with Gasteiger partial charge in [0.05, 0.1) is 6.10 Å². The zero-order valence-electron chi connectivity index (χ0n) is 11.1. The van der Waals surface area contributed by atoms with Crippen molar-refractivity contribution in [1.29, 1.82) is 0 Å². The van der Waals surface area contributed by atoms with E-state index in [0.717, 1.165) is 6.42 Å². The van der Waals surface area contributed by atoms with Crippen LogP contribution in [0, 0.1) is 5.92 Å². The van der Waals surface area contributed by atoms with Gasteiger partial charge in [-0.25, -0.2) is 0 Å². The molecule has 96 valence electrons. The Bertz CT molecular complexity index is 582. The lowest BCUT2D eigenvalue weighted by atomic mass is 9.58. The summed E-state index contributed by atoms with van der Waals surface area (Å²) >= 11 is 0. The molecule has 0 spiro atoms. The third-order valence-electron chi connectivity index (χ3n) is 4.97. The Labute approximate surface area is 113 Å². The zero-order chi connectivity index (χ0) is 13.0. The lowest BCUT2D eigenvalue weighted by Crippen LogP contribution is -2.37. The summed E-state index contributed by atoms with van der Waals surface area (Å²) in [7, 11) is 0. The van der Waals surface area contributed by atoms with Gasteiger partial charge in [0.2, 0.25) is 0 Å². The topological polar surface area (TPSA) is 20.2 Å². The van der Waals surface area contributed by atoms with Crippen molar-refractivity contribution in [2.24, 2.45) is 5.92 Å². The van der Waals surface area contributed by atoms with Crippen LogP contribution in [0.25, 0.3) is 0 Å². The summed E-state index contributed by atoms with van der Waals surface area (Å²) in [5, 5.41) is 10.2. The summed E-state index contributed by atoms with van der Waals surface area (Å²) in [5.41, 5.74) is 5.82. The average Bonchev–Trinajstić information content (AvgIpc) is 2.47. The molecule has 2 bridgehead atoms. The summed E-state index contributed by atoms with van der Waals surface area (Å²) in [5.74, 6) is 1.20. The number of hydrogen-bond acceptors (Lipinski definition) is 1. The Morgan fingerprint density at radius 2 is 1.37 bits per heavy atom. The van der Waals surface area contributed by atoms with E-state index >= 15 is 0 Å². The number of aliphatic hydroxyl groups excluding tert-OH is 1. The monoisotopic (exact) mass is 250 g/mol. The molecule has 1 N–H and O–H groups in total. The first kappa shape index (κ1) is 11.2. The van der Waals surface area contributed by atoms with Crippen LogP contribution in [0.2, 0.25) is 0 Å². The Morgan fingerprint density at radius 1 is 0.895 bits per heavy atom. The molecule has 2 unspecified atom stereocenters. The van der Waals surface area contributed by atoms with E-state index in [9.17, 15) is 5.11 Å². The van der Waals surface area contributed by atoms with Gasteiger partial charge in [-0.2, -0.15) is 0 Å². The van der Waals surface area contributed by atoms with Crippen molar-refractivity contribution in [2.45, 2.75) is 31.3 Å². The Morgan fingerprint density at radius 3 is 1.84 bits per heavy atom. The second kappa shape index (κ2) is 3.94. The van der Waals surface area contributed by atoms with Crippen LogP contribution in [-0.2, 0) is 0 Å². The third kappa shape index (κ3) is 1.45. The van der Waals surface area contributed by atoms with Gasteiger partial charge < -0.3 is 5.11 Å². The summed E-state index contributed by atoms with van der Waals surface area (Å²) < 4.78 is 0. The molecule has 1 heteroatoms. The largest absolute Gasteiger partial charge is 0.393 e. The Kier molecular flexibility index (Phi) is 2.33.